The van der Waals surface area contributed by atoms with E-state index in [0.29, 0.717) is 35.8 Å². The Labute approximate surface area is 177 Å². The quantitative estimate of drug-likeness (QED) is 0.661. The summed E-state index contributed by atoms with van der Waals surface area (Å²) in [4.78, 5) is 17.9. The van der Waals surface area contributed by atoms with Crippen molar-refractivity contribution in [2.75, 3.05) is 6.61 Å². The normalized spacial score (nSPS) is 18.3. The number of aromatic nitrogens is 4. The van der Waals surface area contributed by atoms with Crippen LogP contribution in [0.2, 0.25) is 0 Å². The fourth-order valence-electron chi connectivity index (χ4n) is 3.60. The van der Waals surface area contributed by atoms with Crippen LogP contribution in [-0.4, -0.2) is 31.6 Å². The van der Waals surface area contributed by atoms with Gasteiger partial charge in [0, 0.05) is 41.7 Å². The second-order valence-electron chi connectivity index (χ2n) is 8.75. The summed E-state index contributed by atoms with van der Waals surface area (Å²) in [5.74, 6) is 2.14. The van der Waals surface area contributed by atoms with Crippen molar-refractivity contribution in [2.24, 2.45) is 5.92 Å². The van der Waals surface area contributed by atoms with E-state index in [1.54, 1.807) is 26.2 Å². The fourth-order valence-corrected chi connectivity index (χ4v) is 3.60. The van der Waals surface area contributed by atoms with Crippen molar-refractivity contribution < 1.29 is 9.84 Å². The van der Waals surface area contributed by atoms with Crippen LogP contribution in [0.5, 0.6) is 5.88 Å². The van der Waals surface area contributed by atoms with Crippen molar-refractivity contribution in [3.63, 3.8) is 0 Å². The third-order valence-corrected chi connectivity index (χ3v) is 5.57. The largest absolute Gasteiger partial charge is 0.477 e. The highest BCUT2D eigenvalue weighted by molar-refractivity contribution is 5.70. The number of ether oxygens (including phenoxy) is 1. The lowest BCUT2D eigenvalue weighted by atomic mass is 9.99. The monoisotopic (exact) mass is 404 g/mol. The standard InChI is InChI=1S/C24H28N4O2/c1-14-6-7-21(26-10-14)18-9-17(18)13-30-23-20(12-25-16(3)28-23)19-11-27-22(8-15(19)2)24(4,5)29/h6-8,10-12,17-18,29H,9,13H2,1-5H3/t17-,18+/m1/s1. The molecule has 0 spiro atoms. The van der Waals surface area contributed by atoms with Gasteiger partial charge in [0.2, 0.25) is 5.88 Å². The van der Waals surface area contributed by atoms with Crippen LogP contribution in [-0.2, 0) is 5.60 Å². The van der Waals surface area contributed by atoms with Crippen LogP contribution in [0, 0.1) is 26.7 Å². The van der Waals surface area contributed by atoms with Crippen LogP contribution < -0.4 is 4.74 Å². The summed E-state index contributed by atoms with van der Waals surface area (Å²) in [6.07, 6.45) is 6.55. The highest BCUT2D eigenvalue weighted by atomic mass is 16.5. The molecule has 6 heteroatoms. The van der Waals surface area contributed by atoms with Crippen LogP contribution >= 0.6 is 0 Å². The number of rotatable bonds is 6. The van der Waals surface area contributed by atoms with Gasteiger partial charge in [0.15, 0.2) is 0 Å². The zero-order chi connectivity index (χ0) is 21.5. The molecule has 1 fully saturated rings. The van der Waals surface area contributed by atoms with E-state index >= 15 is 0 Å². The molecule has 1 aliphatic rings. The fraction of sp³-hybridized carbons (Fsp3) is 0.417. The molecule has 0 saturated heterocycles. The van der Waals surface area contributed by atoms with Crippen molar-refractivity contribution in [1.29, 1.82) is 0 Å². The summed E-state index contributed by atoms with van der Waals surface area (Å²) in [5.41, 5.74) is 4.67. The lowest BCUT2D eigenvalue weighted by molar-refractivity contribution is 0.0738. The van der Waals surface area contributed by atoms with Gasteiger partial charge in [-0.15, -0.1) is 0 Å². The first-order chi connectivity index (χ1) is 14.2. The van der Waals surface area contributed by atoms with Crippen LogP contribution in [0.1, 0.15) is 54.5 Å². The average molecular weight is 405 g/mol. The van der Waals surface area contributed by atoms with E-state index in [0.717, 1.165) is 28.8 Å². The molecule has 0 radical (unpaired) electrons. The van der Waals surface area contributed by atoms with E-state index in [2.05, 4.69) is 32.1 Å². The van der Waals surface area contributed by atoms with Crippen LogP contribution in [0.15, 0.2) is 36.8 Å². The van der Waals surface area contributed by atoms with Gasteiger partial charge in [-0.05, 0) is 64.3 Å². The van der Waals surface area contributed by atoms with Gasteiger partial charge in [-0.25, -0.2) is 4.98 Å². The Morgan fingerprint density at radius 1 is 1.03 bits per heavy atom. The maximum absolute atomic E-state index is 10.2. The Kier molecular flexibility index (Phi) is 5.28. The van der Waals surface area contributed by atoms with Crippen LogP contribution in [0.4, 0.5) is 0 Å². The SMILES string of the molecule is Cc1ccc([C@H]2C[C@@H]2COc2nc(C)ncc2-c2cnc(C(C)(C)O)cc2C)nc1. The summed E-state index contributed by atoms with van der Waals surface area (Å²) in [6, 6.07) is 6.12. The van der Waals surface area contributed by atoms with Gasteiger partial charge in [-0.2, -0.15) is 4.98 Å². The number of aliphatic hydroxyl groups is 1. The summed E-state index contributed by atoms with van der Waals surface area (Å²) in [6.45, 7) is 9.96. The predicted octanol–water partition coefficient (Wildman–Crippen LogP) is 4.27. The molecule has 1 N–H and O–H groups in total. The Balaban J connectivity index is 1.53. The highest BCUT2D eigenvalue weighted by Crippen LogP contribution is 2.47. The van der Waals surface area contributed by atoms with E-state index in [4.69, 9.17) is 4.74 Å². The molecule has 0 amide bonds. The minimum absolute atomic E-state index is 0.445. The Morgan fingerprint density at radius 3 is 2.47 bits per heavy atom. The van der Waals surface area contributed by atoms with Gasteiger partial charge in [0.05, 0.1) is 17.9 Å². The van der Waals surface area contributed by atoms with Gasteiger partial charge < -0.3 is 9.84 Å². The molecule has 6 nitrogen and oxygen atoms in total. The molecular formula is C24H28N4O2. The number of nitrogens with zero attached hydrogens (tertiary/aromatic N) is 4. The maximum Gasteiger partial charge on any atom is 0.224 e. The maximum atomic E-state index is 10.2. The van der Waals surface area contributed by atoms with Crippen LogP contribution in [0.3, 0.4) is 0 Å². The number of hydrogen-bond donors (Lipinski definition) is 1. The zero-order valence-corrected chi connectivity index (χ0v) is 18.2. The molecule has 0 bridgehead atoms. The molecule has 1 saturated carbocycles. The Hall–Kier alpha value is -2.86. The van der Waals surface area contributed by atoms with Crippen LogP contribution in [0.25, 0.3) is 11.1 Å². The van der Waals surface area contributed by atoms with Crippen molar-refractivity contribution in [2.45, 2.75) is 52.6 Å². The average Bonchev–Trinajstić information content (AvgIpc) is 3.46. The van der Waals surface area contributed by atoms with Crippen molar-refractivity contribution in [3.05, 3.63) is 65.1 Å². The lowest BCUT2D eigenvalue weighted by Gasteiger charge is -2.18. The van der Waals surface area contributed by atoms with E-state index in [9.17, 15) is 5.11 Å². The van der Waals surface area contributed by atoms with E-state index in [-0.39, 0.29) is 0 Å². The van der Waals surface area contributed by atoms with Crippen molar-refractivity contribution >= 4 is 0 Å². The molecule has 156 valence electrons. The minimum Gasteiger partial charge on any atom is -0.477 e. The lowest BCUT2D eigenvalue weighted by Crippen LogP contribution is -2.17. The molecule has 3 aromatic rings. The first-order valence-corrected chi connectivity index (χ1v) is 10.3. The highest BCUT2D eigenvalue weighted by Gasteiger charge is 2.40. The predicted molar refractivity (Wildman–Crippen MR) is 115 cm³/mol. The number of pyridine rings is 2. The zero-order valence-electron chi connectivity index (χ0n) is 18.2. The van der Waals surface area contributed by atoms with Crippen molar-refractivity contribution in [3.8, 4) is 17.0 Å². The molecule has 2 atom stereocenters. The number of aryl methyl sites for hydroxylation is 3. The minimum atomic E-state index is -0.989. The summed E-state index contributed by atoms with van der Waals surface area (Å²) < 4.78 is 6.17. The number of hydrogen-bond acceptors (Lipinski definition) is 6. The second-order valence-corrected chi connectivity index (χ2v) is 8.75. The van der Waals surface area contributed by atoms with Gasteiger partial charge in [0.25, 0.3) is 0 Å². The molecule has 4 rings (SSSR count). The first kappa shape index (κ1) is 20.4. The Morgan fingerprint density at radius 2 is 1.80 bits per heavy atom. The summed E-state index contributed by atoms with van der Waals surface area (Å²) in [5, 5.41) is 10.2. The second kappa shape index (κ2) is 7.76. The third-order valence-electron chi connectivity index (χ3n) is 5.57. The first-order valence-electron chi connectivity index (χ1n) is 10.3. The van der Waals surface area contributed by atoms with E-state index in [1.807, 2.05) is 33.0 Å². The van der Waals surface area contributed by atoms with Crippen molar-refractivity contribution in [1.82, 2.24) is 19.9 Å². The van der Waals surface area contributed by atoms with Gasteiger partial charge in [-0.3, -0.25) is 9.97 Å². The third kappa shape index (κ3) is 4.33. The van der Waals surface area contributed by atoms with E-state index in [1.165, 1.54) is 5.56 Å². The Bertz CT molecular complexity index is 1060. The molecule has 0 aliphatic heterocycles. The van der Waals surface area contributed by atoms with E-state index < -0.39 is 5.60 Å². The molecule has 3 heterocycles. The molecule has 30 heavy (non-hydrogen) atoms. The summed E-state index contributed by atoms with van der Waals surface area (Å²) >= 11 is 0. The van der Waals surface area contributed by atoms with Gasteiger partial charge in [0.1, 0.15) is 11.4 Å². The topological polar surface area (TPSA) is 81.0 Å². The van der Waals surface area contributed by atoms with Gasteiger partial charge in [-0.1, -0.05) is 6.07 Å². The smallest absolute Gasteiger partial charge is 0.224 e. The molecule has 1 aliphatic carbocycles. The molecule has 0 unspecified atom stereocenters. The summed E-state index contributed by atoms with van der Waals surface area (Å²) in [7, 11) is 0. The van der Waals surface area contributed by atoms with Gasteiger partial charge >= 0.3 is 0 Å². The molecule has 0 aromatic carbocycles. The molecular weight excluding hydrogens is 376 g/mol. The molecule has 3 aromatic heterocycles.